The Hall–Kier alpha value is -3.26. The van der Waals surface area contributed by atoms with Gasteiger partial charge in [-0.05, 0) is 71.5 Å². The molecule has 2 heterocycles. The molecule has 0 spiro atoms. The Bertz CT molecular complexity index is 1410. The summed E-state index contributed by atoms with van der Waals surface area (Å²) in [5.41, 5.74) is 4.96. The first-order chi connectivity index (χ1) is 19.2. The average Bonchev–Trinajstić information content (AvgIpc) is 3.15. The first-order valence-corrected chi connectivity index (χ1v) is 14.1. The summed E-state index contributed by atoms with van der Waals surface area (Å²) in [5.74, 6) is 1.16. The maximum atomic E-state index is 12.6. The zero-order valence-corrected chi connectivity index (χ0v) is 24.2. The zero-order valence-electron chi connectivity index (χ0n) is 22.7. The fraction of sp³-hybridized carbons (Fsp3) is 0.355. The van der Waals surface area contributed by atoms with Crippen LogP contribution in [0.5, 0.6) is 11.5 Å². The predicted octanol–water partition coefficient (Wildman–Crippen LogP) is 6.19. The Morgan fingerprint density at radius 2 is 1.82 bits per heavy atom. The number of nitrogens with zero attached hydrogens (tertiary/aromatic N) is 1. The molecule has 5 rings (SSSR count). The molecule has 0 saturated carbocycles. The van der Waals surface area contributed by atoms with E-state index in [2.05, 4.69) is 18.3 Å². The van der Waals surface area contributed by atoms with Crippen LogP contribution < -0.4 is 14.8 Å². The van der Waals surface area contributed by atoms with E-state index in [4.69, 9.17) is 37.4 Å². The molecule has 9 heteroatoms. The molecule has 1 amide bonds. The molecule has 1 N–H and O–H groups in total. The molecule has 7 nitrogen and oxygen atoms in total. The Morgan fingerprint density at radius 1 is 1.05 bits per heavy atom. The molecule has 3 atom stereocenters. The number of amides is 1. The number of carbonyl (C=O) groups is 2. The molecule has 3 aromatic carbocycles. The molecule has 2 aliphatic rings. The third-order valence-corrected chi connectivity index (χ3v) is 8.25. The van der Waals surface area contributed by atoms with Crippen LogP contribution >= 0.6 is 23.2 Å². The summed E-state index contributed by atoms with van der Waals surface area (Å²) in [6.07, 6.45) is 0.762. The maximum absolute atomic E-state index is 12.6. The molecule has 2 aliphatic heterocycles. The van der Waals surface area contributed by atoms with Gasteiger partial charge in [0.2, 0.25) is 5.91 Å². The van der Waals surface area contributed by atoms with E-state index in [9.17, 15) is 9.59 Å². The number of hydrogen-bond donors (Lipinski definition) is 1. The lowest BCUT2D eigenvalue weighted by atomic mass is 9.93. The summed E-state index contributed by atoms with van der Waals surface area (Å²) in [4.78, 5) is 26.4. The Morgan fingerprint density at radius 3 is 2.50 bits per heavy atom. The number of ether oxygens (including phenoxy) is 3. The molecular weight excluding hydrogens is 551 g/mol. The zero-order chi connectivity index (χ0) is 28.4. The summed E-state index contributed by atoms with van der Waals surface area (Å²) in [6, 6.07) is 17.0. The summed E-state index contributed by atoms with van der Waals surface area (Å²) < 4.78 is 17.7. The third-order valence-electron chi connectivity index (χ3n) is 7.51. The highest BCUT2D eigenvalue weighted by Crippen LogP contribution is 2.36. The van der Waals surface area contributed by atoms with E-state index in [0.29, 0.717) is 36.1 Å². The van der Waals surface area contributed by atoms with E-state index in [0.717, 1.165) is 45.7 Å². The summed E-state index contributed by atoms with van der Waals surface area (Å²) in [7, 11) is 1.39. The van der Waals surface area contributed by atoms with Crippen molar-refractivity contribution in [1.82, 2.24) is 10.2 Å². The molecule has 40 heavy (non-hydrogen) atoms. The second-order valence-corrected chi connectivity index (χ2v) is 11.0. The van der Waals surface area contributed by atoms with E-state index in [1.807, 2.05) is 42.5 Å². The van der Waals surface area contributed by atoms with Crippen molar-refractivity contribution >= 4 is 35.1 Å². The van der Waals surface area contributed by atoms with Crippen molar-refractivity contribution in [3.8, 4) is 11.5 Å². The van der Waals surface area contributed by atoms with Crippen LogP contribution in [-0.2, 0) is 33.8 Å². The van der Waals surface area contributed by atoms with Crippen molar-refractivity contribution in [3.63, 3.8) is 0 Å². The van der Waals surface area contributed by atoms with Crippen LogP contribution in [0, 0.1) is 0 Å². The number of fused-ring (bicyclic) bond motifs is 2. The van der Waals surface area contributed by atoms with Gasteiger partial charge in [-0.1, -0.05) is 48.3 Å². The number of halogens is 2. The van der Waals surface area contributed by atoms with Gasteiger partial charge in [0.1, 0.15) is 29.7 Å². The van der Waals surface area contributed by atoms with Gasteiger partial charge in [0.25, 0.3) is 0 Å². The van der Waals surface area contributed by atoms with Crippen LogP contribution in [0.3, 0.4) is 0 Å². The molecule has 0 saturated heterocycles. The van der Waals surface area contributed by atoms with E-state index in [-0.39, 0.29) is 30.1 Å². The van der Waals surface area contributed by atoms with Crippen molar-refractivity contribution in [3.05, 3.63) is 92.5 Å². The molecule has 0 bridgehead atoms. The topological polar surface area (TPSA) is 77.1 Å². The van der Waals surface area contributed by atoms with Gasteiger partial charge >= 0.3 is 5.97 Å². The second kappa shape index (κ2) is 12.1. The van der Waals surface area contributed by atoms with E-state index in [1.54, 1.807) is 17.9 Å². The highest BCUT2D eigenvalue weighted by atomic mass is 35.5. The Labute approximate surface area is 244 Å². The molecule has 0 fully saturated rings. The summed E-state index contributed by atoms with van der Waals surface area (Å²) >= 11 is 12.3. The minimum Gasteiger partial charge on any atom is -0.486 e. The Balaban J connectivity index is 1.37. The van der Waals surface area contributed by atoms with Gasteiger partial charge in [-0.25, -0.2) is 0 Å². The molecule has 0 aromatic heterocycles. The number of benzene rings is 3. The van der Waals surface area contributed by atoms with Gasteiger partial charge in [-0.15, -0.1) is 0 Å². The van der Waals surface area contributed by atoms with Crippen LogP contribution in [0.25, 0.3) is 0 Å². The summed E-state index contributed by atoms with van der Waals surface area (Å²) in [6.45, 7) is 5.02. The van der Waals surface area contributed by atoms with Crippen LogP contribution in [0.4, 0.5) is 0 Å². The minimum absolute atomic E-state index is 0.0272. The number of carbonyl (C=O) groups excluding carboxylic acids is 2. The van der Waals surface area contributed by atoms with Crippen LogP contribution in [-0.4, -0.2) is 36.5 Å². The van der Waals surface area contributed by atoms with E-state index >= 15 is 0 Å². The summed E-state index contributed by atoms with van der Waals surface area (Å²) in [5, 5.41) is 4.25. The van der Waals surface area contributed by atoms with Crippen molar-refractivity contribution in [1.29, 1.82) is 0 Å². The van der Waals surface area contributed by atoms with Gasteiger partial charge in [0.15, 0.2) is 0 Å². The molecule has 210 valence electrons. The molecular formula is C31H32Cl2N2O5. The van der Waals surface area contributed by atoms with E-state index in [1.165, 1.54) is 7.11 Å². The lowest BCUT2D eigenvalue weighted by Crippen LogP contribution is -2.42. The van der Waals surface area contributed by atoms with Crippen LogP contribution in [0.2, 0.25) is 10.0 Å². The van der Waals surface area contributed by atoms with Crippen LogP contribution in [0.1, 0.15) is 60.3 Å². The number of hydrogen-bond acceptors (Lipinski definition) is 6. The first-order valence-electron chi connectivity index (χ1n) is 13.3. The Kier molecular flexibility index (Phi) is 8.54. The molecule has 0 aliphatic carbocycles. The highest BCUT2D eigenvalue weighted by Gasteiger charge is 2.30. The maximum Gasteiger partial charge on any atom is 0.323 e. The number of rotatable bonds is 6. The quantitative estimate of drug-likeness (QED) is 0.349. The van der Waals surface area contributed by atoms with Crippen molar-refractivity contribution in [2.75, 3.05) is 13.7 Å². The number of nitrogens with one attached hydrogen (secondary N) is 1. The van der Waals surface area contributed by atoms with Gasteiger partial charge in [0, 0.05) is 25.6 Å². The predicted molar refractivity (Wildman–Crippen MR) is 154 cm³/mol. The lowest BCUT2D eigenvalue weighted by Gasteiger charge is -2.26. The monoisotopic (exact) mass is 582 g/mol. The second-order valence-electron chi connectivity index (χ2n) is 10.2. The average molecular weight is 584 g/mol. The van der Waals surface area contributed by atoms with Gasteiger partial charge in [0.05, 0.1) is 23.7 Å². The third kappa shape index (κ3) is 6.07. The van der Waals surface area contributed by atoms with Crippen molar-refractivity contribution < 1.29 is 23.8 Å². The van der Waals surface area contributed by atoms with Gasteiger partial charge in [-0.2, -0.15) is 0 Å². The first kappa shape index (κ1) is 28.3. The standard InChI is InChI=1S/C31H32Cl2N2O5/c1-4-28(20-7-10-25(32)26(33)12-20)39-24-8-5-19(6-9-24)30-17-35(18(2)36)16-23-11-21-13-27(31(37)38-3)34-15-22(21)14-29(23)40-30/h5-12,14,27-28,30,34H,4,13,15-17H2,1-3H3/t27-,28-,30+/m0/s1. The number of esters is 1. The van der Waals surface area contributed by atoms with Gasteiger partial charge in [-0.3, -0.25) is 9.59 Å². The van der Waals surface area contributed by atoms with Crippen LogP contribution in [0.15, 0.2) is 54.6 Å². The lowest BCUT2D eigenvalue weighted by molar-refractivity contribution is -0.143. The SMILES string of the molecule is CC[C@H](Oc1ccc([C@H]2CN(C(C)=O)Cc3cc4c(cc3O2)CN[C@H](C(=O)OC)C4)cc1)c1ccc(Cl)c(Cl)c1. The minimum atomic E-state index is -0.386. The highest BCUT2D eigenvalue weighted by molar-refractivity contribution is 6.42. The molecule has 0 unspecified atom stereocenters. The van der Waals surface area contributed by atoms with Crippen molar-refractivity contribution in [2.24, 2.45) is 0 Å². The van der Waals surface area contributed by atoms with Crippen molar-refractivity contribution in [2.45, 2.75) is 58.0 Å². The fourth-order valence-corrected chi connectivity index (χ4v) is 5.55. The van der Waals surface area contributed by atoms with Gasteiger partial charge < -0.3 is 24.4 Å². The molecule has 0 radical (unpaired) electrons. The molecule has 3 aromatic rings. The smallest absolute Gasteiger partial charge is 0.323 e. The fourth-order valence-electron chi connectivity index (χ4n) is 5.24. The normalized spacial score (nSPS) is 19.0. The van der Waals surface area contributed by atoms with E-state index < -0.39 is 0 Å². The largest absolute Gasteiger partial charge is 0.486 e. The number of methoxy groups -OCH3 is 1.